The average molecular weight is 301 g/mol. The Morgan fingerprint density at radius 2 is 1.76 bits per heavy atom. The van der Waals surface area contributed by atoms with Crippen LogP contribution >= 0.6 is 0 Å². The molecule has 0 fully saturated rings. The monoisotopic (exact) mass is 301 g/mol. The zero-order valence-electron chi connectivity index (χ0n) is 11.8. The summed E-state index contributed by atoms with van der Waals surface area (Å²) in [7, 11) is -3.27. The van der Waals surface area contributed by atoms with Crippen molar-refractivity contribution in [3.05, 3.63) is 59.7 Å². The Labute approximate surface area is 125 Å². The summed E-state index contributed by atoms with van der Waals surface area (Å²) in [5.41, 5.74) is 8.69. The molecule has 3 nitrogen and oxygen atoms in total. The highest BCUT2D eigenvalue weighted by Crippen LogP contribution is 2.33. The Hall–Kier alpha value is -1.81. The van der Waals surface area contributed by atoms with Crippen molar-refractivity contribution < 1.29 is 8.42 Å². The second-order valence-electron chi connectivity index (χ2n) is 5.64. The van der Waals surface area contributed by atoms with Gasteiger partial charge in [0.1, 0.15) is 0 Å². The van der Waals surface area contributed by atoms with Gasteiger partial charge in [-0.25, -0.2) is 8.42 Å². The first-order chi connectivity index (χ1) is 10.1. The number of anilines is 1. The van der Waals surface area contributed by atoms with Crippen LogP contribution in [0.5, 0.6) is 0 Å². The van der Waals surface area contributed by atoms with Gasteiger partial charge in [-0.05, 0) is 60.6 Å². The van der Waals surface area contributed by atoms with Crippen molar-refractivity contribution in [2.75, 3.05) is 11.5 Å². The van der Waals surface area contributed by atoms with E-state index in [0.717, 1.165) is 19.3 Å². The molecule has 1 aliphatic carbocycles. The molecule has 0 bridgehead atoms. The Balaban J connectivity index is 1.88. The molecule has 0 radical (unpaired) electrons. The number of hydrogen-bond acceptors (Lipinski definition) is 3. The van der Waals surface area contributed by atoms with E-state index in [1.54, 1.807) is 24.3 Å². The van der Waals surface area contributed by atoms with Gasteiger partial charge in [0, 0.05) is 5.69 Å². The van der Waals surface area contributed by atoms with E-state index in [2.05, 4.69) is 12.1 Å². The van der Waals surface area contributed by atoms with Crippen molar-refractivity contribution >= 4 is 15.5 Å². The van der Waals surface area contributed by atoms with E-state index in [1.165, 1.54) is 11.1 Å². The van der Waals surface area contributed by atoms with E-state index in [0.29, 0.717) is 10.6 Å². The highest BCUT2D eigenvalue weighted by atomic mass is 32.2. The maximum absolute atomic E-state index is 12.6. The van der Waals surface area contributed by atoms with Crippen molar-refractivity contribution in [2.24, 2.45) is 0 Å². The smallest absolute Gasteiger partial charge is 0.178 e. The molecule has 4 heteroatoms. The molecule has 0 spiro atoms. The van der Waals surface area contributed by atoms with Crippen LogP contribution in [0.25, 0.3) is 0 Å². The van der Waals surface area contributed by atoms with E-state index in [9.17, 15) is 8.42 Å². The van der Waals surface area contributed by atoms with Crippen LogP contribution in [0.1, 0.15) is 29.9 Å². The number of benzene rings is 2. The number of nitrogens with two attached hydrogens (primary N) is 1. The fourth-order valence-electron chi connectivity index (χ4n) is 3.06. The molecule has 1 unspecified atom stereocenters. The fraction of sp³-hybridized carbons (Fsp3) is 0.294. The lowest BCUT2D eigenvalue weighted by atomic mass is 9.84. The summed E-state index contributed by atoms with van der Waals surface area (Å²) in [6, 6.07) is 14.7. The normalized spacial score (nSPS) is 18.2. The molecule has 2 N–H and O–H groups in total. The van der Waals surface area contributed by atoms with Crippen molar-refractivity contribution in [1.82, 2.24) is 0 Å². The number of sulfone groups is 1. The maximum atomic E-state index is 12.6. The Morgan fingerprint density at radius 1 is 1.05 bits per heavy atom. The molecule has 0 aliphatic heterocycles. The first-order valence-electron chi connectivity index (χ1n) is 7.22. The number of nitrogen functional groups attached to an aromatic ring is 1. The summed E-state index contributed by atoms with van der Waals surface area (Å²) in [6.07, 6.45) is 3.04. The molecule has 2 aromatic rings. The van der Waals surface area contributed by atoms with Gasteiger partial charge >= 0.3 is 0 Å². The topological polar surface area (TPSA) is 60.2 Å². The minimum absolute atomic E-state index is 0.0949. The lowest BCUT2D eigenvalue weighted by Crippen LogP contribution is -2.19. The minimum Gasteiger partial charge on any atom is -0.399 e. The van der Waals surface area contributed by atoms with Gasteiger partial charge in [-0.3, -0.25) is 0 Å². The predicted octanol–water partition coefficient (Wildman–Crippen LogP) is 3.16. The molecule has 110 valence electrons. The van der Waals surface area contributed by atoms with Gasteiger partial charge in [0.25, 0.3) is 0 Å². The molecular weight excluding hydrogens is 282 g/mol. The highest BCUT2D eigenvalue weighted by Gasteiger charge is 2.26. The third-order valence-electron chi connectivity index (χ3n) is 4.15. The van der Waals surface area contributed by atoms with Gasteiger partial charge in [0.2, 0.25) is 0 Å². The summed E-state index contributed by atoms with van der Waals surface area (Å²) in [6.45, 7) is 0. The minimum atomic E-state index is -3.27. The Kier molecular flexibility index (Phi) is 3.72. The van der Waals surface area contributed by atoms with Crippen LogP contribution in [-0.4, -0.2) is 14.2 Å². The molecule has 2 aromatic carbocycles. The molecule has 0 heterocycles. The van der Waals surface area contributed by atoms with Gasteiger partial charge < -0.3 is 5.73 Å². The van der Waals surface area contributed by atoms with Crippen molar-refractivity contribution in [1.29, 1.82) is 0 Å². The summed E-state index contributed by atoms with van der Waals surface area (Å²) in [4.78, 5) is 0.361. The van der Waals surface area contributed by atoms with Gasteiger partial charge in [-0.2, -0.15) is 0 Å². The highest BCUT2D eigenvalue weighted by molar-refractivity contribution is 7.91. The number of rotatable bonds is 3. The van der Waals surface area contributed by atoms with Crippen LogP contribution in [0.4, 0.5) is 5.69 Å². The third kappa shape index (κ3) is 2.95. The molecule has 0 amide bonds. The second-order valence-corrected chi connectivity index (χ2v) is 7.67. The molecule has 0 saturated heterocycles. The first kappa shape index (κ1) is 14.1. The molecule has 1 aliphatic rings. The third-order valence-corrected chi connectivity index (χ3v) is 5.99. The Morgan fingerprint density at radius 3 is 2.52 bits per heavy atom. The van der Waals surface area contributed by atoms with Crippen LogP contribution in [0, 0.1) is 0 Å². The largest absolute Gasteiger partial charge is 0.399 e. The van der Waals surface area contributed by atoms with Crippen LogP contribution in [-0.2, 0) is 16.3 Å². The fourth-order valence-corrected chi connectivity index (χ4v) is 4.68. The number of aryl methyl sites for hydroxylation is 1. The van der Waals surface area contributed by atoms with E-state index in [4.69, 9.17) is 5.73 Å². The average Bonchev–Trinajstić information content (AvgIpc) is 2.48. The van der Waals surface area contributed by atoms with Gasteiger partial charge in [0.15, 0.2) is 9.84 Å². The van der Waals surface area contributed by atoms with Gasteiger partial charge in [-0.15, -0.1) is 0 Å². The van der Waals surface area contributed by atoms with Crippen LogP contribution < -0.4 is 5.73 Å². The quantitative estimate of drug-likeness (QED) is 0.886. The lowest BCUT2D eigenvalue weighted by Gasteiger charge is -2.25. The molecule has 0 aromatic heterocycles. The van der Waals surface area contributed by atoms with E-state index in [-0.39, 0.29) is 11.7 Å². The van der Waals surface area contributed by atoms with Gasteiger partial charge in [-0.1, -0.05) is 24.3 Å². The van der Waals surface area contributed by atoms with Crippen molar-refractivity contribution in [3.63, 3.8) is 0 Å². The number of fused-ring (bicyclic) bond motifs is 1. The summed E-state index contributed by atoms with van der Waals surface area (Å²) < 4.78 is 25.2. The lowest BCUT2D eigenvalue weighted by molar-refractivity contribution is 0.558. The summed E-state index contributed by atoms with van der Waals surface area (Å²) in [5, 5.41) is 0. The predicted molar refractivity (Wildman–Crippen MR) is 85.0 cm³/mol. The molecule has 21 heavy (non-hydrogen) atoms. The maximum Gasteiger partial charge on any atom is 0.178 e. The molecule has 0 saturated carbocycles. The van der Waals surface area contributed by atoms with Crippen LogP contribution in [0.15, 0.2) is 53.4 Å². The number of hydrogen-bond donors (Lipinski definition) is 1. The van der Waals surface area contributed by atoms with E-state index >= 15 is 0 Å². The summed E-state index contributed by atoms with van der Waals surface area (Å²) in [5.74, 6) is 0.269. The van der Waals surface area contributed by atoms with Crippen LogP contribution in [0.3, 0.4) is 0 Å². The second kappa shape index (κ2) is 5.53. The molecule has 1 atom stereocenters. The van der Waals surface area contributed by atoms with Crippen molar-refractivity contribution in [2.45, 2.75) is 30.1 Å². The SMILES string of the molecule is Nc1ccc(S(=O)(=O)CC2CCCc3ccccc32)cc1. The van der Waals surface area contributed by atoms with Crippen LogP contribution in [0.2, 0.25) is 0 Å². The Bertz CT molecular complexity index is 736. The van der Waals surface area contributed by atoms with Gasteiger partial charge in [0.05, 0.1) is 10.6 Å². The summed E-state index contributed by atoms with van der Waals surface area (Å²) >= 11 is 0. The zero-order chi connectivity index (χ0) is 14.9. The zero-order valence-corrected chi connectivity index (χ0v) is 12.6. The van der Waals surface area contributed by atoms with Crippen molar-refractivity contribution in [3.8, 4) is 0 Å². The van der Waals surface area contributed by atoms with E-state index in [1.807, 2.05) is 12.1 Å². The standard InChI is InChI=1S/C17H19NO2S/c18-15-8-10-16(11-9-15)21(19,20)12-14-6-3-5-13-4-1-2-7-17(13)14/h1-2,4,7-11,14H,3,5-6,12,18H2. The molecular formula is C17H19NO2S. The first-order valence-corrected chi connectivity index (χ1v) is 8.87. The molecule has 3 rings (SSSR count). The van der Waals surface area contributed by atoms with E-state index < -0.39 is 9.84 Å².